The van der Waals surface area contributed by atoms with E-state index in [9.17, 15) is 0 Å². The largest absolute Gasteiger partial charge is 0.399 e. The number of benzene rings is 6. The molecule has 4 N–H and O–H groups in total. The monoisotopic (exact) mass is 604 g/mol. The van der Waals surface area contributed by atoms with Crippen LogP contribution in [0.4, 0.5) is 5.69 Å². The number of pyridine rings is 1. The number of fused-ring (bicyclic) bond motifs is 2. The molecular weight excluding hydrogens is 573 g/mol. The van der Waals surface area contributed by atoms with Crippen molar-refractivity contribution in [3.05, 3.63) is 176 Å². The quantitative estimate of drug-likeness (QED) is 0.106. The molecule has 0 aliphatic heterocycles. The summed E-state index contributed by atoms with van der Waals surface area (Å²) in [5, 5.41) is 20.7. The van der Waals surface area contributed by atoms with Gasteiger partial charge in [0.05, 0.1) is 11.4 Å². The second kappa shape index (κ2) is 12.9. The van der Waals surface area contributed by atoms with E-state index >= 15 is 0 Å². The smallest absolute Gasteiger partial charge is 0.0795 e. The van der Waals surface area contributed by atoms with Crippen LogP contribution in [0.15, 0.2) is 170 Å². The van der Waals surface area contributed by atoms with Gasteiger partial charge in [-0.05, 0) is 102 Å². The van der Waals surface area contributed by atoms with Crippen LogP contribution in [0, 0.1) is 10.8 Å². The van der Waals surface area contributed by atoms with E-state index in [1.54, 1.807) is 24.5 Å². The summed E-state index contributed by atoms with van der Waals surface area (Å²) in [4.78, 5) is 3.96. The fourth-order valence-electron chi connectivity index (χ4n) is 6.13. The minimum absolute atomic E-state index is 0.245. The molecule has 0 fully saturated rings. The Kier molecular flexibility index (Phi) is 8.06. The zero-order valence-corrected chi connectivity index (χ0v) is 25.7. The summed E-state index contributed by atoms with van der Waals surface area (Å²) >= 11 is 0. The van der Waals surface area contributed by atoms with Gasteiger partial charge in [-0.1, -0.05) is 121 Å². The molecule has 7 aromatic rings. The van der Waals surface area contributed by atoms with Gasteiger partial charge in [0, 0.05) is 18.1 Å². The van der Waals surface area contributed by atoms with E-state index in [1.807, 2.05) is 42.5 Å². The van der Waals surface area contributed by atoms with Gasteiger partial charge in [0.25, 0.3) is 0 Å². The topological polar surface area (TPSA) is 86.6 Å². The fraction of sp³-hybridized carbons (Fsp3) is 0. The molecular formula is C43H32N4. The number of nitrogens with two attached hydrogens (primary N) is 1. The Morgan fingerprint density at radius 3 is 1.38 bits per heavy atom. The first-order valence-electron chi connectivity index (χ1n) is 15.5. The van der Waals surface area contributed by atoms with Gasteiger partial charge in [-0.15, -0.1) is 0 Å². The molecule has 4 heteroatoms. The van der Waals surface area contributed by atoms with Crippen LogP contribution in [-0.4, -0.2) is 16.4 Å². The van der Waals surface area contributed by atoms with Crippen molar-refractivity contribution in [1.29, 1.82) is 10.8 Å². The predicted molar refractivity (Wildman–Crippen MR) is 199 cm³/mol. The molecule has 0 unspecified atom stereocenters. The van der Waals surface area contributed by atoms with Gasteiger partial charge in [-0.3, -0.25) is 15.8 Å². The highest BCUT2D eigenvalue weighted by atomic mass is 14.6. The maximum atomic E-state index is 7.97. The third kappa shape index (κ3) is 6.00. The van der Waals surface area contributed by atoms with Gasteiger partial charge in [0.15, 0.2) is 0 Å². The molecule has 1 aliphatic rings. The minimum Gasteiger partial charge on any atom is -0.399 e. The Balaban J connectivity index is 0.000000226. The van der Waals surface area contributed by atoms with Crippen LogP contribution in [0.1, 0.15) is 5.56 Å². The summed E-state index contributed by atoms with van der Waals surface area (Å²) in [6.45, 7) is 0. The summed E-state index contributed by atoms with van der Waals surface area (Å²) in [7, 11) is 0. The predicted octanol–water partition coefficient (Wildman–Crippen LogP) is 10.7. The van der Waals surface area contributed by atoms with E-state index in [0.29, 0.717) is 0 Å². The van der Waals surface area contributed by atoms with Crippen LogP contribution in [0.5, 0.6) is 0 Å². The third-order valence-electron chi connectivity index (χ3n) is 8.44. The van der Waals surface area contributed by atoms with Gasteiger partial charge < -0.3 is 5.73 Å². The Morgan fingerprint density at radius 1 is 0.404 bits per heavy atom. The second-order valence-electron chi connectivity index (χ2n) is 11.4. The van der Waals surface area contributed by atoms with Gasteiger partial charge in [0.2, 0.25) is 0 Å². The summed E-state index contributed by atoms with van der Waals surface area (Å²) in [6, 6.07) is 48.3. The maximum Gasteiger partial charge on any atom is 0.0795 e. The highest BCUT2D eigenvalue weighted by Gasteiger charge is 2.16. The van der Waals surface area contributed by atoms with E-state index in [-0.39, 0.29) is 11.4 Å². The van der Waals surface area contributed by atoms with Crippen LogP contribution < -0.4 is 5.73 Å². The van der Waals surface area contributed by atoms with Crippen LogP contribution in [0.25, 0.3) is 60.5 Å². The lowest BCUT2D eigenvalue weighted by atomic mass is 9.85. The Hall–Kier alpha value is -6.39. The molecule has 8 rings (SSSR count). The third-order valence-corrected chi connectivity index (χ3v) is 8.44. The van der Waals surface area contributed by atoms with Crippen molar-refractivity contribution in [3.63, 3.8) is 0 Å². The highest BCUT2D eigenvalue weighted by molar-refractivity contribution is 6.50. The summed E-state index contributed by atoms with van der Waals surface area (Å²) in [5.74, 6) is 0. The molecule has 1 heterocycles. The van der Waals surface area contributed by atoms with Crippen molar-refractivity contribution in [1.82, 2.24) is 4.98 Å². The summed E-state index contributed by atoms with van der Waals surface area (Å²) in [5.41, 5.74) is 16.1. The molecule has 1 aliphatic carbocycles. The molecule has 0 saturated heterocycles. The average molecular weight is 605 g/mol. The molecule has 0 atom stereocenters. The van der Waals surface area contributed by atoms with Crippen molar-refractivity contribution >= 4 is 44.2 Å². The lowest BCUT2D eigenvalue weighted by molar-refractivity contribution is 1.33. The van der Waals surface area contributed by atoms with E-state index < -0.39 is 0 Å². The SMILES string of the molecule is N=C1C=CC(c2ccc(-c3c4ccccc4c(-c4ccccc4)c4ccccc34)cc2)=CC1=N.Nc1ccc(-c2ccncc2)cc1. The number of rotatable bonds is 4. The number of allylic oxidation sites excluding steroid dienone is 4. The molecule has 0 spiro atoms. The first-order valence-corrected chi connectivity index (χ1v) is 15.5. The second-order valence-corrected chi connectivity index (χ2v) is 11.4. The molecule has 47 heavy (non-hydrogen) atoms. The number of hydrogen-bond acceptors (Lipinski definition) is 4. The number of anilines is 1. The molecule has 6 aromatic carbocycles. The van der Waals surface area contributed by atoms with Gasteiger partial charge in [-0.2, -0.15) is 0 Å². The Morgan fingerprint density at radius 2 is 0.851 bits per heavy atom. The van der Waals surface area contributed by atoms with Crippen molar-refractivity contribution in [3.8, 4) is 33.4 Å². The van der Waals surface area contributed by atoms with Crippen molar-refractivity contribution in [2.75, 3.05) is 5.73 Å². The molecule has 0 saturated carbocycles. The van der Waals surface area contributed by atoms with Gasteiger partial charge >= 0.3 is 0 Å². The summed E-state index contributed by atoms with van der Waals surface area (Å²) < 4.78 is 0. The normalized spacial score (nSPS) is 12.5. The average Bonchev–Trinajstić information content (AvgIpc) is 3.13. The standard InChI is InChI=1S/C32H22N2.C11H10N2/c33-29-19-18-24(20-30(29)34)21-14-16-23(17-15-21)32-27-12-6-4-10-25(27)31(22-8-2-1-3-9-22)26-11-5-7-13-28(26)32;12-11-3-1-9(2-4-11)10-5-7-13-8-6-10/h1-20,33-34H;1-8H,12H2. The van der Waals surface area contributed by atoms with Crippen molar-refractivity contribution in [2.24, 2.45) is 0 Å². The highest BCUT2D eigenvalue weighted by Crippen LogP contribution is 2.43. The zero-order chi connectivity index (χ0) is 32.2. The number of aromatic nitrogens is 1. The maximum absolute atomic E-state index is 7.97. The van der Waals surface area contributed by atoms with Crippen LogP contribution >= 0.6 is 0 Å². The minimum atomic E-state index is 0.245. The van der Waals surface area contributed by atoms with E-state index in [4.69, 9.17) is 16.6 Å². The van der Waals surface area contributed by atoms with Crippen molar-refractivity contribution in [2.45, 2.75) is 0 Å². The molecule has 0 bridgehead atoms. The van der Waals surface area contributed by atoms with E-state index in [2.05, 4.69) is 108 Å². The molecule has 0 radical (unpaired) electrons. The van der Waals surface area contributed by atoms with Crippen LogP contribution in [0.3, 0.4) is 0 Å². The molecule has 224 valence electrons. The number of nitrogens with one attached hydrogen (secondary N) is 2. The van der Waals surface area contributed by atoms with Gasteiger partial charge in [-0.25, -0.2) is 0 Å². The Bertz CT molecular complexity index is 2240. The first-order chi connectivity index (χ1) is 23.1. The number of hydrogen-bond donors (Lipinski definition) is 3. The first kappa shape index (κ1) is 29.3. The lowest BCUT2D eigenvalue weighted by Crippen LogP contribution is -2.09. The fourth-order valence-corrected chi connectivity index (χ4v) is 6.13. The van der Waals surface area contributed by atoms with E-state index in [0.717, 1.165) is 28.0 Å². The number of nitrogens with zero attached hydrogens (tertiary/aromatic N) is 1. The summed E-state index contributed by atoms with van der Waals surface area (Å²) in [6.07, 6.45) is 8.93. The molecule has 4 nitrogen and oxygen atoms in total. The van der Waals surface area contributed by atoms with E-state index in [1.165, 1.54) is 43.8 Å². The number of nitrogen functional groups attached to an aromatic ring is 1. The zero-order valence-electron chi connectivity index (χ0n) is 25.7. The Labute approximate surface area is 274 Å². The van der Waals surface area contributed by atoms with Crippen molar-refractivity contribution < 1.29 is 0 Å². The molecule has 0 amide bonds. The lowest BCUT2D eigenvalue weighted by Gasteiger charge is -2.18. The van der Waals surface area contributed by atoms with Crippen LogP contribution in [0.2, 0.25) is 0 Å². The van der Waals surface area contributed by atoms with Gasteiger partial charge in [0.1, 0.15) is 0 Å². The molecule has 1 aromatic heterocycles. The van der Waals surface area contributed by atoms with Crippen LogP contribution in [-0.2, 0) is 0 Å².